The highest BCUT2D eigenvalue weighted by molar-refractivity contribution is 5.92. The summed E-state index contributed by atoms with van der Waals surface area (Å²) in [7, 11) is 3.08. The Balaban J connectivity index is 2.04. The van der Waals surface area contributed by atoms with Gasteiger partial charge in [-0.15, -0.1) is 10.2 Å². The van der Waals surface area contributed by atoms with Gasteiger partial charge < -0.3 is 14.8 Å². The van der Waals surface area contributed by atoms with Gasteiger partial charge in [0.2, 0.25) is 5.91 Å². The van der Waals surface area contributed by atoms with Crippen LogP contribution in [0.1, 0.15) is 5.82 Å². The molecule has 0 fully saturated rings. The van der Waals surface area contributed by atoms with Gasteiger partial charge in [0.1, 0.15) is 0 Å². The van der Waals surface area contributed by atoms with Crippen molar-refractivity contribution in [2.24, 2.45) is 0 Å². The molecule has 1 amide bonds. The minimum Gasteiger partial charge on any atom is -0.493 e. The fourth-order valence-corrected chi connectivity index (χ4v) is 1.52. The van der Waals surface area contributed by atoms with Gasteiger partial charge in [-0.2, -0.15) is 5.21 Å². The van der Waals surface area contributed by atoms with Gasteiger partial charge in [0.25, 0.3) is 0 Å². The van der Waals surface area contributed by atoms with E-state index in [0.29, 0.717) is 23.0 Å². The van der Waals surface area contributed by atoms with Crippen molar-refractivity contribution in [3.05, 3.63) is 24.0 Å². The lowest BCUT2D eigenvalue weighted by Gasteiger charge is -2.10. The van der Waals surface area contributed by atoms with Crippen LogP contribution >= 0.6 is 0 Å². The van der Waals surface area contributed by atoms with Gasteiger partial charge in [-0.25, -0.2) is 0 Å². The van der Waals surface area contributed by atoms with E-state index in [1.54, 1.807) is 25.3 Å². The molecule has 19 heavy (non-hydrogen) atoms. The first-order chi connectivity index (χ1) is 9.22. The molecule has 0 saturated carbocycles. The van der Waals surface area contributed by atoms with Gasteiger partial charge >= 0.3 is 0 Å². The number of benzene rings is 1. The van der Waals surface area contributed by atoms with E-state index >= 15 is 0 Å². The summed E-state index contributed by atoms with van der Waals surface area (Å²) in [6, 6.07) is 5.10. The maximum atomic E-state index is 11.7. The predicted octanol–water partition coefficient (Wildman–Crippen LogP) is 0.398. The third-order valence-electron chi connectivity index (χ3n) is 2.38. The standard InChI is InChI=1S/C11H13N5O3/c1-18-8-4-3-7(5-9(8)19-2)12-11(17)6-10-13-15-16-14-10/h3-5H,6H2,1-2H3,(H,12,17)(H,13,14,15,16). The number of carbonyl (C=O) groups excluding carboxylic acids is 1. The van der Waals surface area contributed by atoms with Gasteiger partial charge in [0, 0.05) is 11.8 Å². The molecule has 1 aromatic carbocycles. The highest BCUT2D eigenvalue weighted by Crippen LogP contribution is 2.29. The van der Waals surface area contributed by atoms with E-state index in [9.17, 15) is 4.79 Å². The molecule has 0 saturated heterocycles. The van der Waals surface area contributed by atoms with Crippen molar-refractivity contribution >= 4 is 11.6 Å². The van der Waals surface area contributed by atoms with Crippen LogP contribution in [0.5, 0.6) is 11.5 Å². The number of carbonyl (C=O) groups is 1. The number of hydrogen-bond donors (Lipinski definition) is 2. The Morgan fingerprint density at radius 3 is 2.74 bits per heavy atom. The van der Waals surface area contributed by atoms with Crippen LogP contribution < -0.4 is 14.8 Å². The average molecular weight is 263 g/mol. The number of rotatable bonds is 5. The summed E-state index contributed by atoms with van der Waals surface area (Å²) in [4.78, 5) is 11.7. The van der Waals surface area contributed by atoms with Crippen LogP contribution in [0.2, 0.25) is 0 Å². The molecule has 1 heterocycles. The van der Waals surface area contributed by atoms with Crippen molar-refractivity contribution in [2.45, 2.75) is 6.42 Å². The minimum atomic E-state index is -0.242. The number of anilines is 1. The summed E-state index contributed by atoms with van der Waals surface area (Å²) in [5.41, 5.74) is 0.603. The monoisotopic (exact) mass is 263 g/mol. The van der Waals surface area contributed by atoms with Crippen molar-refractivity contribution in [2.75, 3.05) is 19.5 Å². The van der Waals surface area contributed by atoms with Gasteiger partial charge in [0.15, 0.2) is 17.3 Å². The normalized spacial score (nSPS) is 10.0. The van der Waals surface area contributed by atoms with E-state index in [1.807, 2.05) is 0 Å². The molecule has 2 rings (SSSR count). The van der Waals surface area contributed by atoms with Gasteiger partial charge in [-0.05, 0) is 12.1 Å². The lowest BCUT2D eigenvalue weighted by Crippen LogP contribution is -2.15. The first-order valence-electron chi connectivity index (χ1n) is 5.47. The molecule has 0 aliphatic heterocycles. The van der Waals surface area contributed by atoms with E-state index in [1.165, 1.54) is 7.11 Å². The zero-order valence-corrected chi connectivity index (χ0v) is 10.5. The third-order valence-corrected chi connectivity index (χ3v) is 2.38. The molecular formula is C11H13N5O3. The van der Waals surface area contributed by atoms with Crippen LogP contribution in [-0.4, -0.2) is 40.8 Å². The number of amides is 1. The van der Waals surface area contributed by atoms with Crippen LogP contribution in [0.25, 0.3) is 0 Å². The Hall–Kier alpha value is -2.64. The second kappa shape index (κ2) is 5.80. The second-order valence-corrected chi connectivity index (χ2v) is 3.62. The number of aromatic amines is 1. The number of methoxy groups -OCH3 is 2. The molecule has 0 radical (unpaired) electrons. The van der Waals surface area contributed by atoms with Crippen LogP contribution in [0.3, 0.4) is 0 Å². The summed E-state index contributed by atoms with van der Waals surface area (Å²) < 4.78 is 10.3. The van der Waals surface area contributed by atoms with Crippen molar-refractivity contribution in [1.82, 2.24) is 20.6 Å². The Labute approximate surface area is 109 Å². The number of nitrogens with zero attached hydrogens (tertiary/aromatic N) is 3. The number of H-pyrrole nitrogens is 1. The molecule has 2 N–H and O–H groups in total. The average Bonchev–Trinajstić information content (AvgIpc) is 2.91. The van der Waals surface area contributed by atoms with Gasteiger partial charge in [0.05, 0.1) is 20.6 Å². The fourth-order valence-electron chi connectivity index (χ4n) is 1.52. The molecule has 0 aliphatic rings. The zero-order chi connectivity index (χ0) is 13.7. The number of hydrogen-bond acceptors (Lipinski definition) is 6. The van der Waals surface area contributed by atoms with Crippen LogP contribution in [0.15, 0.2) is 18.2 Å². The molecule has 0 atom stereocenters. The van der Waals surface area contributed by atoms with Crippen LogP contribution in [-0.2, 0) is 11.2 Å². The summed E-state index contributed by atoms with van der Waals surface area (Å²) in [6.07, 6.45) is 0.0465. The summed E-state index contributed by atoms with van der Waals surface area (Å²) in [6.45, 7) is 0. The number of aromatic nitrogens is 4. The van der Waals surface area contributed by atoms with Crippen molar-refractivity contribution < 1.29 is 14.3 Å². The Morgan fingerprint density at radius 2 is 2.11 bits per heavy atom. The molecule has 0 spiro atoms. The van der Waals surface area contributed by atoms with E-state index in [2.05, 4.69) is 25.9 Å². The smallest absolute Gasteiger partial charge is 0.232 e. The topological polar surface area (TPSA) is 102 Å². The molecule has 1 aromatic heterocycles. The Morgan fingerprint density at radius 1 is 1.32 bits per heavy atom. The summed E-state index contributed by atoms with van der Waals surface area (Å²) >= 11 is 0. The Kier molecular flexibility index (Phi) is 3.91. The Bertz CT molecular complexity index is 555. The number of tetrazole rings is 1. The second-order valence-electron chi connectivity index (χ2n) is 3.62. The summed E-state index contributed by atoms with van der Waals surface area (Å²) in [5.74, 6) is 1.23. The molecule has 2 aromatic rings. The molecule has 100 valence electrons. The highest BCUT2D eigenvalue weighted by atomic mass is 16.5. The van der Waals surface area contributed by atoms with E-state index in [4.69, 9.17) is 9.47 Å². The van der Waals surface area contributed by atoms with Crippen molar-refractivity contribution in [3.63, 3.8) is 0 Å². The maximum Gasteiger partial charge on any atom is 0.232 e. The molecular weight excluding hydrogens is 250 g/mol. The SMILES string of the molecule is COc1ccc(NC(=O)Cc2nn[nH]n2)cc1OC. The molecule has 0 bridgehead atoms. The lowest BCUT2D eigenvalue weighted by atomic mass is 10.2. The summed E-state index contributed by atoms with van der Waals surface area (Å²) in [5, 5.41) is 15.8. The quantitative estimate of drug-likeness (QED) is 0.809. The van der Waals surface area contributed by atoms with E-state index < -0.39 is 0 Å². The highest BCUT2D eigenvalue weighted by Gasteiger charge is 2.10. The molecule has 8 heteroatoms. The first kappa shape index (κ1) is 12.8. The van der Waals surface area contributed by atoms with E-state index in [0.717, 1.165) is 0 Å². The number of ether oxygens (including phenoxy) is 2. The van der Waals surface area contributed by atoms with Gasteiger partial charge in [-0.1, -0.05) is 5.21 Å². The van der Waals surface area contributed by atoms with E-state index in [-0.39, 0.29) is 12.3 Å². The number of nitrogens with one attached hydrogen (secondary N) is 2. The predicted molar refractivity (Wildman–Crippen MR) is 66.1 cm³/mol. The van der Waals surface area contributed by atoms with Crippen molar-refractivity contribution in [3.8, 4) is 11.5 Å². The van der Waals surface area contributed by atoms with Crippen molar-refractivity contribution in [1.29, 1.82) is 0 Å². The molecule has 0 unspecified atom stereocenters. The van der Waals surface area contributed by atoms with Crippen LogP contribution in [0.4, 0.5) is 5.69 Å². The van der Waals surface area contributed by atoms with Crippen LogP contribution in [0, 0.1) is 0 Å². The van der Waals surface area contributed by atoms with Gasteiger partial charge in [-0.3, -0.25) is 4.79 Å². The fraction of sp³-hybridized carbons (Fsp3) is 0.273. The molecule has 0 aliphatic carbocycles. The first-order valence-corrected chi connectivity index (χ1v) is 5.47. The largest absolute Gasteiger partial charge is 0.493 e. The molecule has 8 nitrogen and oxygen atoms in total. The third kappa shape index (κ3) is 3.18. The minimum absolute atomic E-state index is 0.0465. The maximum absolute atomic E-state index is 11.7. The lowest BCUT2D eigenvalue weighted by molar-refractivity contribution is -0.115. The zero-order valence-electron chi connectivity index (χ0n) is 10.5.